The number of amides is 2. The molecule has 0 fully saturated rings. The third-order valence-electron chi connectivity index (χ3n) is 5.61. The summed E-state index contributed by atoms with van der Waals surface area (Å²) in [6, 6.07) is 7.60. The van der Waals surface area contributed by atoms with E-state index in [1.165, 1.54) is 11.1 Å². The number of hydrogen-bond acceptors (Lipinski definition) is 5. The highest BCUT2D eigenvalue weighted by Crippen LogP contribution is 2.44. The Kier molecular flexibility index (Phi) is 4.97. The number of fused-ring (bicyclic) bond motifs is 2. The first-order valence-corrected chi connectivity index (χ1v) is 10.3. The Hall–Kier alpha value is -4.06. The van der Waals surface area contributed by atoms with Crippen LogP contribution in [-0.2, 0) is 7.05 Å². The van der Waals surface area contributed by atoms with Crippen molar-refractivity contribution < 1.29 is 23.5 Å². The molecule has 10 nitrogen and oxygen atoms in total. The van der Waals surface area contributed by atoms with Crippen LogP contribution < -0.4 is 10.2 Å². The topological polar surface area (TPSA) is 118 Å². The summed E-state index contributed by atoms with van der Waals surface area (Å²) in [7, 11) is 1.68. The summed E-state index contributed by atoms with van der Waals surface area (Å²) in [6.45, 7) is 1.65. The molecule has 2 amide bonds. The molecular weight excluding hydrogens is 472 g/mol. The summed E-state index contributed by atoms with van der Waals surface area (Å²) in [4.78, 5) is 26.4. The molecule has 0 spiro atoms. The van der Waals surface area contributed by atoms with Gasteiger partial charge in [0.1, 0.15) is 6.04 Å². The predicted octanol–water partition coefficient (Wildman–Crippen LogP) is 4.20. The van der Waals surface area contributed by atoms with Crippen LogP contribution in [0.5, 0.6) is 0 Å². The van der Waals surface area contributed by atoms with Crippen molar-refractivity contribution in [2.24, 2.45) is 7.05 Å². The number of nitrogens with one attached hydrogen (secondary N) is 1. The highest BCUT2D eigenvalue weighted by atomic mass is 35.5. The number of aryl methyl sites for hydroxylation is 2. The Balaban J connectivity index is 1.75. The van der Waals surface area contributed by atoms with Gasteiger partial charge in [0.2, 0.25) is 5.82 Å². The lowest BCUT2D eigenvalue weighted by atomic mass is 10.0. The zero-order chi connectivity index (χ0) is 24.3. The molecule has 0 bridgehead atoms. The van der Waals surface area contributed by atoms with E-state index in [0.29, 0.717) is 21.8 Å². The summed E-state index contributed by atoms with van der Waals surface area (Å²) in [5, 5.41) is 23.6. The first-order chi connectivity index (χ1) is 16.2. The number of anilines is 2. The van der Waals surface area contributed by atoms with E-state index in [4.69, 9.17) is 11.6 Å². The lowest BCUT2D eigenvalue weighted by Gasteiger charge is -2.26. The van der Waals surface area contributed by atoms with Crippen LogP contribution in [0, 0.1) is 6.92 Å². The van der Waals surface area contributed by atoms with Gasteiger partial charge in [0.15, 0.2) is 11.5 Å². The third kappa shape index (κ3) is 3.25. The summed E-state index contributed by atoms with van der Waals surface area (Å²) < 4.78 is 29.6. The molecule has 4 heterocycles. The molecule has 13 heteroatoms. The molecule has 34 heavy (non-hydrogen) atoms. The smallest absolute Gasteiger partial charge is 0.409 e. The van der Waals surface area contributed by atoms with Gasteiger partial charge in [0.25, 0.3) is 12.3 Å². The third-order valence-corrected chi connectivity index (χ3v) is 5.86. The molecule has 5 rings (SSSR count). The van der Waals surface area contributed by atoms with E-state index in [9.17, 15) is 23.5 Å². The van der Waals surface area contributed by atoms with E-state index in [2.05, 4.69) is 20.6 Å². The standard InChI is InChI=1S/C21H16ClF2N7O3/c1-9-7-13(28-31-18(9)26-27-19(31)17(23)24)30-15(10-3-5-11(22)6-4-10)16-14(20(30)32)12(8-29(16)2)25-21(33)34/h3-8,15,17,25H,1-2H3,(H,33,34). The Labute approximate surface area is 195 Å². The van der Waals surface area contributed by atoms with Crippen LogP contribution in [0.3, 0.4) is 0 Å². The Morgan fingerprint density at radius 1 is 1.24 bits per heavy atom. The molecule has 3 aromatic heterocycles. The Morgan fingerprint density at radius 2 is 1.94 bits per heavy atom. The van der Waals surface area contributed by atoms with Crippen molar-refractivity contribution in [3.05, 3.63) is 69.8 Å². The summed E-state index contributed by atoms with van der Waals surface area (Å²) in [5.41, 5.74) is 2.03. The summed E-state index contributed by atoms with van der Waals surface area (Å²) in [5.74, 6) is -1.12. The lowest BCUT2D eigenvalue weighted by molar-refractivity contribution is 0.0993. The van der Waals surface area contributed by atoms with E-state index in [-0.39, 0.29) is 22.7 Å². The Morgan fingerprint density at radius 3 is 2.59 bits per heavy atom. The average molecular weight is 488 g/mol. The van der Waals surface area contributed by atoms with Crippen molar-refractivity contribution in [2.45, 2.75) is 19.4 Å². The van der Waals surface area contributed by atoms with Crippen LogP contribution in [0.4, 0.5) is 25.1 Å². The Bertz CT molecular complexity index is 1470. The average Bonchev–Trinajstić information content (AvgIpc) is 3.42. The lowest BCUT2D eigenvalue weighted by Crippen LogP contribution is -2.31. The normalized spacial score (nSPS) is 15.4. The van der Waals surface area contributed by atoms with Crippen molar-refractivity contribution in [1.29, 1.82) is 0 Å². The molecule has 1 aromatic carbocycles. The molecule has 1 aliphatic rings. The zero-order valence-electron chi connectivity index (χ0n) is 17.7. The number of nitrogens with zero attached hydrogens (tertiary/aromatic N) is 6. The second-order valence-corrected chi connectivity index (χ2v) is 8.19. The number of aromatic nitrogens is 5. The van der Waals surface area contributed by atoms with Crippen LogP contribution in [0.1, 0.15) is 45.5 Å². The molecule has 2 N–H and O–H groups in total. The van der Waals surface area contributed by atoms with Gasteiger partial charge in [-0.2, -0.15) is 4.52 Å². The van der Waals surface area contributed by atoms with Gasteiger partial charge in [-0.3, -0.25) is 15.0 Å². The van der Waals surface area contributed by atoms with E-state index in [0.717, 1.165) is 4.52 Å². The van der Waals surface area contributed by atoms with Crippen molar-refractivity contribution in [1.82, 2.24) is 24.4 Å². The number of hydrogen-bond donors (Lipinski definition) is 2. The fourth-order valence-electron chi connectivity index (χ4n) is 4.23. The number of alkyl halides is 2. The van der Waals surface area contributed by atoms with Gasteiger partial charge >= 0.3 is 6.09 Å². The van der Waals surface area contributed by atoms with Crippen molar-refractivity contribution >= 4 is 40.8 Å². The van der Waals surface area contributed by atoms with E-state index >= 15 is 0 Å². The fourth-order valence-corrected chi connectivity index (χ4v) is 4.36. The monoisotopic (exact) mass is 487 g/mol. The minimum Gasteiger partial charge on any atom is -0.465 e. The van der Waals surface area contributed by atoms with E-state index in [1.807, 2.05) is 0 Å². The summed E-state index contributed by atoms with van der Waals surface area (Å²) >= 11 is 6.05. The molecule has 1 aliphatic heterocycles. The van der Waals surface area contributed by atoms with Crippen LogP contribution in [0.2, 0.25) is 5.02 Å². The SMILES string of the molecule is Cc1cc(N2C(=O)c3c(NC(=O)O)cn(C)c3C2c2ccc(Cl)cc2)nn2c(C(F)F)nnc12. The number of carbonyl (C=O) groups excluding carboxylic acids is 1. The predicted molar refractivity (Wildman–Crippen MR) is 118 cm³/mol. The highest BCUT2D eigenvalue weighted by molar-refractivity contribution is 6.30. The first-order valence-electron chi connectivity index (χ1n) is 9.96. The van der Waals surface area contributed by atoms with Crippen molar-refractivity contribution in [3.8, 4) is 0 Å². The number of halogens is 3. The van der Waals surface area contributed by atoms with Crippen LogP contribution in [-0.4, -0.2) is 41.5 Å². The van der Waals surface area contributed by atoms with Gasteiger partial charge in [-0.1, -0.05) is 23.7 Å². The van der Waals surface area contributed by atoms with Gasteiger partial charge < -0.3 is 9.67 Å². The minimum atomic E-state index is -2.93. The van der Waals surface area contributed by atoms with Gasteiger partial charge in [0.05, 0.1) is 16.9 Å². The molecule has 4 aromatic rings. The quantitative estimate of drug-likeness (QED) is 0.445. The fraction of sp³-hybridized carbons (Fsp3) is 0.190. The van der Waals surface area contributed by atoms with Crippen LogP contribution in [0.15, 0.2) is 36.5 Å². The largest absolute Gasteiger partial charge is 0.465 e. The van der Waals surface area contributed by atoms with Crippen LogP contribution >= 0.6 is 11.6 Å². The molecular formula is C21H16ClF2N7O3. The van der Waals surface area contributed by atoms with Crippen molar-refractivity contribution in [2.75, 3.05) is 10.2 Å². The number of carbonyl (C=O) groups is 2. The minimum absolute atomic E-state index is 0.0779. The maximum atomic E-state index is 13.7. The maximum Gasteiger partial charge on any atom is 0.409 e. The molecule has 0 radical (unpaired) electrons. The van der Waals surface area contributed by atoms with Crippen LogP contribution in [0.25, 0.3) is 5.65 Å². The molecule has 0 saturated heterocycles. The molecule has 1 unspecified atom stereocenters. The van der Waals surface area contributed by atoms with E-state index in [1.54, 1.807) is 48.9 Å². The molecule has 0 aliphatic carbocycles. The van der Waals surface area contributed by atoms with Gasteiger partial charge in [0, 0.05) is 18.3 Å². The first kappa shape index (κ1) is 21.8. The molecule has 1 atom stereocenters. The van der Waals surface area contributed by atoms with E-state index < -0.39 is 30.3 Å². The molecule has 174 valence electrons. The number of benzene rings is 1. The number of rotatable bonds is 4. The molecule has 0 saturated carbocycles. The highest BCUT2D eigenvalue weighted by Gasteiger charge is 2.44. The zero-order valence-corrected chi connectivity index (χ0v) is 18.5. The van der Waals surface area contributed by atoms with Crippen molar-refractivity contribution in [3.63, 3.8) is 0 Å². The number of carboxylic acid groups (broad SMARTS) is 1. The van der Waals surface area contributed by atoms with Gasteiger partial charge in [-0.25, -0.2) is 13.6 Å². The second-order valence-electron chi connectivity index (χ2n) is 7.75. The van der Waals surface area contributed by atoms with Gasteiger partial charge in [-0.05, 0) is 36.2 Å². The maximum absolute atomic E-state index is 13.7. The second kappa shape index (κ2) is 7.76. The summed E-state index contributed by atoms with van der Waals surface area (Å²) in [6.07, 6.45) is -2.75. The van der Waals surface area contributed by atoms with Gasteiger partial charge in [-0.15, -0.1) is 15.3 Å².